The Hall–Kier alpha value is -1.04. The molecule has 0 radical (unpaired) electrons. The molecule has 0 spiro atoms. The van der Waals surface area contributed by atoms with Crippen LogP contribution in [0.2, 0.25) is 0 Å². The van der Waals surface area contributed by atoms with E-state index >= 15 is 0 Å². The van der Waals surface area contributed by atoms with E-state index < -0.39 is 17.6 Å². The first-order valence-electron chi connectivity index (χ1n) is 5.81. The van der Waals surface area contributed by atoms with Gasteiger partial charge in [-0.05, 0) is 31.0 Å². The van der Waals surface area contributed by atoms with Crippen molar-refractivity contribution in [1.29, 1.82) is 0 Å². The van der Waals surface area contributed by atoms with Crippen LogP contribution in [0.25, 0.3) is 0 Å². The van der Waals surface area contributed by atoms with Gasteiger partial charge >= 0.3 is 6.18 Å². The summed E-state index contributed by atoms with van der Waals surface area (Å²) in [4.78, 5) is 11.4. The van der Waals surface area contributed by atoms with Crippen LogP contribution in [0, 0.1) is 5.82 Å². The van der Waals surface area contributed by atoms with Gasteiger partial charge in [0.25, 0.3) is 0 Å². The quantitative estimate of drug-likeness (QED) is 0.770. The summed E-state index contributed by atoms with van der Waals surface area (Å²) in [6.45, 7) is 1.79. The lowest BCUT2D eigenvalue weighted by Gasteiger charge is -2.12. The molecule has 104 valence electrons. The summed E-state index contributed by atoms with van der Waals surface area (Å²) in [5, 5.41) is -0.124. The smallest absolute Gasteiger partial charge is 0.298 e. The van der Waals surface area contributed by atoms with Crippen LogP contribution in [0.1, 0.15) is 24.5 Å². The van der Waals surface area contributed by atoms with E-state index in [1.54, 1.807) is 6.92 Å². The Morgan fingerprint density at radius 1 is 1.37 bits per heavy atom. The molecule has 0 bridgehead atoms. The highest BCUT2D eigenvalue weighted by Gasteiger charge is 2.35. The van der Waals surface area contributed by atoms with Crippen molar-refractivity contribution in [2.24, 2.45) is 0 Å². The third-order valence-corrected chi connectivity index (χ3v) is 4.47. The van der Waals surface area contributed by atoms with E-state index in [2.05, 4.69) is 0 Å². The topological polar surface area (TPSA) is 17.1 Å². The minimum absolute atomic E-state index is 0.0194. The van der Waals surface area contributed by atoms with Crippen molar-refractivity contribution in [3.8, 4) is 0 Å². The first-order chi connectivity index (χ1) is 8.77. The van der Waals surface area contributed by atoms with E-state index in [-0.39, 0.29) is 16.3 Å². The lowest BCUT2D eigenvalue weighted by molar-refractivity contribution is -0.140. The Labute approximate surface area is 112 Å². The summed E-state index contributed by atoms with van der Waals surface area (Å²) in [5.74, 6) is -1.15. The molecule has 0 N–H and O–H groups in total. The normalized spacial score (nSPS) is 23.9. The third-order valence-electron chi connectivity index (χ3n) is 3.08. The Kier molecular flexibility index (Phi) is 3.90. The largest absolute Gasteiger partial charge is 0.419 e. The van der Waals surface area contributed by atoms with Crippen LogP contribution in [0.3, 0.4) is 0 Å². The molecule has 1 heterocycles. The van der Waals surface area contributed by atoms with Crippen molar-refractivity contribution in [3.05, 3.63) is 35.1 Å². The van der Waals surface area contributed by atoms with Gasteiger partial charge in [-0.3, -0.25) is 4.79 Å². The van der Waals surface area contributed by atoms with Gasteiger partial charge < -0.3 is 0 Å². The SMILES string of the molecule is CC1SC(Cc2ccc(F)c(C(F)(F)F)c2)CC1=O. The Balaban J connectivity index is 2.16. The molecule has 2 atom stereocenters. The van der Waals surface area contributed by atoms with Crippen LogP contribution < -0.4 is 0 Å². The zero-order valence-corrected chi connectivity index (χ0v) is 10.9. The zero-order valence-electron chi connectivity index (χ0n) is 10.1. The Morgan fingerprint density at radius 3 is 2.58 bits per heavy atom. The van der Waals surface area contributed by atoms with Gasteiger partial charge in [-0.2, -0.15) is 13.2 Å². The molecule has 19 heavy (non-hydrogen) atoms. The molecule has 0 aliphatic carbocycles. The molecule has 1 saturated heterocycles. The Morgan fingerprint density at radius 2 is 2.05 bits per heavy atom. The lowest BCUT2D eigenvalue weighted by Crippen LogP contribution is -2.10. The summed E-state index contributed by atoms with van der Waals surface area (Å²) in [6, 6.07) is 3.02. The van der Waals surface area contributed by atoms with Crippen LogP contribution >= 0.6 is 11.8 Å². The number of rotatable bonds is 2. The number of Topliss-reactive ketones (excluding diaryl/α,β-unsaturated/α-hetero) is 1. The van der Waals surface area contributed by atoms with E-state index in [1.165, 1.54) is 17.8 Å². The van der Waals surface area contributed by atoms with Gasteiger partial charge in [-0.25, -0.2) is 4.39 Å². The molecule has 6 heteroatoms. The summed E-state index contributed by atoms with van der Waals surface area (Å²) >= 11 is 1.46. The van der Waals surface area contributed by atoms with Crippen molar-refractivity contribution < 1.29 is 22.4 Å². The van der Waals surface area contributed by atoms with Gasteiger partial charge in [0, 0.05) is 11.7 Å². The fourth-order valence-electron chi connectivity index (χ4n) is 2.10. The van der Waals surface area contributed by atoms with Crippen LogP contribution in [-0.2, 0) is 17.4 Å². The van der Waals surface area contributed by atoms with Crippen LogP contribution in [0.5, 0.6) is 0 Å². The van der Waals surface area contributed by atoms with E-state index in [1.807, 2.05) is 0 Å². The maximum Gasteiger partial charge on any atom is 0.419 e. The molecule has 1 fully saturated rings. The molecule has 1 aromatic rings. The molecule has 2 rings (SSSR count). The minimum Gasteiger partial charge on any atom is -0.298 e. The zero-order chi connectivity index (χ0) is 14.2. The third kappa shape index (κ3) is 3.29. The molecule has 0 amide bonds. The fourth-order valence-corrected chi connectivity index (χ4v) is 3.48. The molecular formula is C13H12F4OS. The minimum atomic E-state index is -4.69. The van der Waals surface area contributed by atoms with E-state index in [0.29, 0.717) is 18.4 Å². The Bertz CT molecular complexity index is 498. The fraction of sp³-hybridized carbons (Fsp3) is 0.462. The van der Waals surface area contributed by atoms with Gasteiger partial charge in [0.2, 0.25) is 0 Å². The number of carbonyl (C=O) groups excluding carboxylic acids is 1. The molecular weight excluding hydrogens is 280 g/mol. The molecule has 1 aromatic carbocycles. The second-order valence-electron chi connectivity index (χ2n) is 4.59. The first-order valence-corrected chi connectivity index (χ1v) is 6.75. The van der Waals surface area contributed by atoms with E-state index in [9.17, 15) is 22.4 Å². The number of thioether (sulfide) groups is 1. The monoisotopic (exact) mass is 292 g/mol. The molecule has 1 nitrogen and oxygen atoms in total. The number of halogens is 4. The summed E-state index contributed by atoms with van der Waals surface area (Å²) in [5.41, 5.74) is -0.833. The van der Waals surface area contributed by atoms with Gasteiger partial charge in [0.1, 0.15) is 11.6 Å². The maximum absolute atomic E-state index is 13.1. The molecule has 0 saturated carbocycles. The van der Waals surface area contributed by atoms with Crippen molar-refractivity contribution in [2.45, 2.75) is 36.4 Å². The van der Waals surface area contributed by atoms with Crippen molar-refractivity contribution >= 4 is 17.5 Å². The van der Waals surface area contributed by atoms with Crippen LogP contribution in [0.15, 0.2) is 18.2 Å². The molecule has 1 aliphatic heterocycles. The average Bonchev–Trinajstić information content (AvgIpc) is 2.59. The van der Waals surface area contributed by atoms with E-state index in [0.717, 1.165) is 12.1 Å². The highest BCUT2D eigenvalue weighted by molar-refractivity contribution is 8.01. The van der Waals surface area contributed by atoms with Crippen molar-refractivity contribution in [2.75, 3.05) is 0 Å². The number of hydrogen-bond donors (Lipinski definition) is 0. The summed E-state index contributed by atoms with van der Waals surface area (Å²) < 4.78 is 50.8. The predicted molar refractivity (Wildman–Crippen MR) is 65.6 cm³/mol. The van der Waals surface area contributed by atoms with Gasteiger partial charge in [-0.15, -0.1) is 11.8 Å². The number of alkyl halides is 3. The summed E-state index contributed by atoms with van der Waals surface area (Å²) in [7, 11) is 0. The number of hydrogen-bond acceptors (Lipinski definition) is 2. The van der Waals surface area contributed by atoms with Crippen LogP contribution in [-0.4, -0.2) is 16.3 Å². The highest BCUT2D eigenvalue weighted by atomic mass is 32.2. The lowest BCUT2D eigenvalue weighted by atomic mass is 10.0. The molecule has 0 aromatic heterocycles. The first kappa shape index (κ1) is 14.4. The van der Waals surface area contributed by atoms with Gasteiger partial charge in [0.15, 0.2) is 0 Å². The second-order valence-corrected chi connectivity index (χ2v) is 6.23. The van der Waals surface area contributed by atoms with Crippen molar-refractivity contribution in [3.63, 3.8) is 0 Å². The van der Waals surface area contributed by atoms with Gasteiger partial charge in [0.05, 0.1) is 10.8 Å². The number of benzene rings is 1. The predicted octanol–water partition coefficient (Wildman–Crippen LogP) is 3.85. The number of carbonyl (C=O) groups is 1. The second kappa shape index (κ2) is 5.15. The highest BCUT2D eigenvalue weighted by Crippen LogP contribution is 2.35. The molecule has 2 unspecified atom stereocenters. The van der Waals surface area contributed by atoms with Gasteiger partial charge in [-0.1, -0.05) is 6.07 Å². The maximum atomic E-state index is 13.1. The van der Waals surface area contributed by atoms with Crippen LogP contribution in [0.4, 0.5) is 17.6 Å². The standard InChI is InChI=1S/C13H12F4OS/c1-7-12(18)6-9(19-7)4-8-2-3-11(14)10(5-8)13(15,16)17/h2-3,5,7,9H,4,6H2,1H3. The van der Waals surface area contributed by atoms with E-state index in [4.69, 9.17) is 0 Å². The summed E-state index contributed by atoms with van der Waals surface area (Å²) in [6.07, 6.45) is -3.97. The number of ketones is 1. The average molecular weight is 292 g/mol. The molecule has 1 aliphatic rings. The van der Waals surface area contributed by atoms with Crippen molar-refractivity contribution in [1.82, 2.24) is 0 Å².